The van der Waals surface area contributed by atoms with Crippen molar-refractivity contribution in [3.8, 4) is 0 Å². The molecule has 1 amide bonds. The maximum absolute atomic E-state index is 11.8. The molecule has 0 radical (unpaired) electrons. The fourth-order valence-electron chi connectivity index (χ4n) is 2.58. The number of carbonyl (C=O) groups is 2. The van der Waals surface area contributed by atoms with Gasteiger partial charge >= 0.3 is 5.97 Å². The molecule has 0 saturated heterocycles. The lowest BCUT2D eigenvalue weighted by Crippen LogP contribution is -2.41. The first kappa shape index (κ1) is 14.7. The number of carboxylic acids is 1. The highest BCUT2D eigenvalue weighted by molar-refractivity contribution is 6.30. The number of aliphatic carboxylic acids is 1. The minimum absolute atomic E-state index is 0.169. The van der Waals surface area contributed by atoms with E-state index in [2.05, 4.69) is 5.32 Å². The van der Waals surface area contributed by atoms with Crippen LogP contribution in [0.15, 0.2) is 12.1 Å². The second-order valence-electron chi connectivity index (χ2n) is 4.93. The van der Waals surface area contributed by atoms with Gasteiger partial charge in [0.1, 0.15) is 6.54 Å². The molecule has 108 valence electrons. The Bertz CT molecular complexity index is 545. The Hall–Kier alpha value is -1.75. The molecular formula is C14H17ClN2O3. The van der Waals surface area contributed by atoms with Crippen LogP contribution < -0.4 is 10.2 Å². The van der Waals surface area contributed by atoms with Crippen LogP contribution in [0.2, 0.25) is 5.02 Å². The van der Waals surface area contributed by atoms with Crippen molar-refractivity contribution in [3.05, 3.63) is 28.3 Å². The summed E-state index contributed by atoms with van der Waals surface area (Å²) in [6, 6.07) is 3.82. The van der Waals surface area contributed by atoms with E-state index in [4.69, 9.17) is 16.7 Å². The molecule has 1 aromatic carbocycles. The Morgan fingerprint density at radius 2 is 2.20 bits per heavy atom. The number of rotatable bonds is 4. The predicted molar refractivity (Wildman–Crippen MR) is 77.4 cm³/mol. The van der Waals surface area contributed by atoms with Gasteiger partial charge in [-0.3, -0.25) is 9.59 Å². The van der Waals surface area contributed by atoms with Crippen LogP contribution in [-0.2, 0) is 16.0 Å². The first-order valence-corrected chi connectivity index (χ1v) is 6.87. The summed E-state index contributed by atoms with van der Waals surface area (Å²) in [5, 5.41) is 11.6. The summed E-state index contributed by atoms with van der Waals surface area (Å²) in [6.07, 6.45) is 1.91. The Morgan fingerprint density at radius 3 is 2.90 bits per heavy atom. The number of aryl methyl sites for hydroxylation is 2. The van der Waals surface area contributed by atoms with Gasteiger partial charge in [0.25, 0.3) is 0 Å². The highest BCUT2D eigenvalue weighted by Crippen LogP contribution is 2.33. The lowest BCUT2D eigenvalue weighted by Gasteiger charge is -2.32. The summed E-state index contributed by atoms with van der Waals surface area (Å²) in [6.45, 7) is 2.58. The van der Waals surface area contributed by atoms with Crippen LogP contribution in [0.5, 0.6) is 0 Å². The van der Waals surface area contributed by atoms with E-state index in [0.29, 0.717) is 5.02 Å². The SMILES string of the molecule is Cc1cc(Cl)cc2c1N(CC(=O)NCC(=O)O)CCC2. The topological polar surface area (TPSA) is 69.6 Å². The second-order valence-corrected chi connectivity index (χ2v) is 5.36. The number of hydrogen-bond donors (Lipinski definition) is 2. The summed E-state index contributed by atoms with van der Waals surface area (Å²) in [7, 11) is 0. The number of hydrogen-bond acceptors (Lipinski definition) is 3. The maximum atomic E-state index is 11.8. The van der Waals surface area contributed by atoms with Crippen LogP contribution in [0.4, 0.5) is 5.69 Å². The van der Waals surface area contributed by atoms with E-state index in [0.717, 1.165) is 36.2 Å². The van der Waals surface area contributed by atoms with E-state index in [1.54, 1.807) is 0 Å². The van der Waals surface area contributed by atoms with E-state index < -0.39 is 5.97 Å². The van der Waals surface area contributed by atoms with Gasteiger partial charge in [0.2, 0.25) is 5.91 Å². The standard InChI is InChI=1S/C14H17ClN2O3/c1-9-5-11(15)6-10-3-2-4-17(14(9)10)8-12(18)16-7-13(19)20/h5-6H,2-4,7-8H2,1H3,(H,16,18)(H,19,20). The van der Waals surface area contributed by atoms with Crippen LogP contribution in [0.25, 0.3) is 0 Å². The quantitative estimate of drug-likeness (QED) is 0.885. The van der Waals surface area contributed by atoms with E-state index in [9.17, 15) is 9.59 Å². The van der Waals surface area contributed by atoms with Crippen LogP contribution in [0.3, 0.4) is 0 Å². The van der Waals surface area contributed by atoms with E-state index in [-0.39, 0.29) is 19.0 Å². The number of halogens is 1. The summed E-state index contributed by atoms with van der Waals surface area (Å²) in [5.41, 5.74) is 3.23. The van der Waals surface area contributed by atoms with Gasteiger partial charge in [0.15, 0.2) is 0 Å². The van der Waals surface area contributed by atoms with Gasteiger partial charge in [-0.2, -0.15) is 0 Å². The lowest BCUT2D eigenvalue weighted by molar-refractivity contribution is -0.137. The zero-order valence-corrected chi connectivity index (χ0v) is 12.0. The first-order valence-electron chi connectivity index (χ1n) is 6.50. The van der Waals surface area contributed by atoms with Crippen LogP contribution in [0, 0.1) is 6.92 Å². The molecule has 0 bridgehead atoms. The van der Waals surface area contributed by atoms with Crippen LogP contribution in [0.1, 0.15) is 17.5 Å². The van der Waals surface area contributed by atoms with Crippen LogP contribution >= 0.6 is 11.6 Å². The highest BCUT2D eigenvalue weighted by Gasteiger charge is 2.21. The van der Waals surface area contributed by atoms with Crippen molar-refractivity contribution >= 4 is 29.2 Å². The van der Waals surface area contributed by atoms with Crippen molar-refractivity contribution in [2.45, 2.75) is 19.8 Å². The molecule has 1 heterocycles. The normalized spacial score (nSPS) is 13.8. The van der Waals surface area contributed by atoms with Gasteiger partial charge in [0.05, 0.1) is 6.54 Å². The minimum atomic E-state index is -1.04. The molecule has 5 nitrogen and oxygen atoms in total. The fourth-order valence-corrected chi connectivity index (χ4v) is 2.88. The fraction of sp³-hybridized carbons (Fsp3) is 0.429. The zero-order valence-electron chi connectivity index (χ0n) is 11.3. The third-order valence-corrected chi connectivity index (χ3v) is 3.52. The third kappa shape index (κ3) is 3.42. The summed E-state index contributed by atoms with van der Waals surface area (Å²) in [5.74, 6) is -1.32. The first-order chi connectivity index (χ1) is 9.47. The molecule has 0 aliphatic carbocycles. The Labute approximate surface area is 122 Å². The van der Waals surface area contributed by atoms with Crippen LogP contribution in [-0.4, -0.2) is 36.6 Å². The molecule has 0 fully saturated rings. The number of carboxylic acid groups (broad SMARTS) is 1. The van der Waals surface area contributed by atoms with Gasteiger partial charge in [-0.05, 0) is 43.0 Å². The maximum Gasteiger partial charge on any atom is 0.322 e. The lowest BCUT2D eigenvalue weighted by atomic mass is 9.98. The molecule has 1 aliphatic heterocycles. The zero-order chi connectivity index (χ0) is 14.7. The second kappa shape index (κ2) is 6.13. The number of nitrogens with zero attached hydrogens (tertiary/aromatic N) is 1. The van der Waals surface area contributed by atoms with Gasteiger partial charge in [-0.1, -0.05) is 11.6 Å². The van der Waals surface area contributed by atoms with Crippen molar-refractivity contribution in [2.24, 2.45) is 0 Å². The highest BCUT2D eigenvalue weighted by atomic mass is 35.5. The Kier molecular flexibility index (Phi) is 4.49. The van der Waals surface area contributed by atoms with E-state index >= 15 is 0 Å². The van der Waals surface area contributed by atoms with E-state index in [1.807, 2.05) is 24.0 Å². The van der Waals surface area contributed by atoms with Crippen molar-refractivity contribution in [1.82, 2.24) is 5.32 Å². The smallest absolute Gasteiger partial charge is 0.322 e. The summed E-state index contributed by atoms with van der Waals surface area (Å²) in [4.78, 5) is 24.2. The largest absolute Gasteiger partial charge is 0.480 e. The van der Waals surface area contributed by atoms with Crippen molar-refractivity contribution in [1.29, 1.82) is 0 Å². The molecule has 1 aromatic rings. The molecule has 0 atom stereocenters. The van der Waals surface area contributed by atoms with Gasteiger partial charge < -0.3 is 15.3 Å². The molecule has 2 rings (SSSR count). The van der Waals surface area contributed by atoms with Gasteiger partial charge in [-0.25, -0.2) is 0 Å². The van der Waals surface area contributed by atoms with Crippen molar-refractivity contribution in [3.63, 3.8) is 0 Å². The number of carbonyl (C=O) groups excluding carboxylic acids is 1. The third-order valence-electron chi connectivity index (χ3n) is 3.31. The number of benzene rings is 1. The van der Waals surface area contributed by atoms with Gasteiger partial charge in [-0.15, -0.1) is 0 Å². The summed E-state index contributed by atoms with van der Waals surface area (Å²) < 4.78 is 0. The number of amides is 1. The number of anilines is 1. The van der Waals surface area contributed by atoms with Crippen molar-refractivity contribution < 1.29 is 14.7 Å². The van der Waals surface area contributed by atoms with E-state index in [1.165, 1.54) is 0 Å². The molecule has 0 saturated carbocycles. The molecule has 0 unspecified atom stereocenters. The number of nitrogens with one attached hydrogen (secondary N) is 1. The molecule has 1 aliphatic rings. The molecule has 6 heteroatoms. The molecular weight excluding hydrogens is 280 g/mol. The monoisotopic (exact) mass is 296 g/mol. The molecule has 2 N–H and O–H groups in total. The number of fused-ring (bicyclic) bond motifs is 1. The Morgan fingerprint density at radius 1 is 1.45 bits per heavy atom. The molecule has 0 spiro atoms. The van der Waals surface area contributed by atoms with Crippen molar-refractivity contribution in [2.75, 3.05) is 24.5 Å². The Balaban J connectivity index is 2.12. The average molecular weight is 297 g/mol. The minimum Gasteiger partial charge on any atom is -0.480 e. The average Bonchev–Trinajstić information content (AvgIpc) is 2.35. The predicted octanol–water partition coefficient (Wildman–Crippen LogP) is 1.60. The summed E-state index contributed by atoms with van der Waals surface area (Å²) >= 11 is 6.06. The molecule has 20 heavy (non-hydrogen) atoms. The molecule has 0 aromatic heterocycles. The van der Waals surface area contributed by atoms with Gasteiger partial charge in [0, 0.05) is 17.3 Å².